The molecular weight excluding hydrogens is 540 g/mol. The number of ether oxygens (including phenoxy) is 5. The zero-order valence-corrected chi connectivity index (χ0v) is 20.9. The van der Waals surface area contributed by atoms with E-state index in [1.165, 1.54) is 19.2 Å². The van der Waals surface area contributed by atoms with Crippen LogP contribution in [0.25, 0.3) is 21.9 Å². The highest BCUT2D eigenvalue weighted by Gasteiger charge is 2.46. The Morgan fingerprint density at radius 3 is 2.33 bits per heavy atom. The second-order valence-electron chi connectivity index (χ2n) is 9.46. The molecule has 0 aliphatic carbocycles. The normalized spacial score (nSPS) is 32.8. The van der Waals surface area contributed by atoms with E-state index in [1.54, 1.807) is 0 Å². The van der Waals surface area contributed by atoms with Gasteiger partial charge < -0.3 is 69.0 Å². The zero-order chi connectivity index (χ0) is 28.9. The topological polar surface area (TPSA) is 238 Å². The molecule has 3 heterocycles. The molecule has 8 N–H and O–H groups in total. The van der Waals surface area contributed by atoms with E-state index >= 15 is 0 Å². The van der Waals surface area contributed by atoms with Crippen molar-refractivity contribution in [2.45, 2.75) is 55.3 Å². The predicted molar refractivity (Wildman–Crippen MR) is 131 cm³/mol. The summed E-state index contributed by atoms with van der Waals surface area (Å²) in [5.74, 6) is -1.03. The van der Waals surface area contributed by atoms with Crippen LogP contribution in [-0.2, 0) is 14.2 Å². The van der Waals surface area contributed by atoms with Gasteiger partial charge in [0.15, 0.2) is 17.6 Å². The molecule has 0 spiro atoms. The lowest BCUT2D eigenvalue weighted by atomic mass is 9.99. The largest absolute Gasteiger partial charge is 0.508 e. The average Bonchev–Trinajstić information content (AvgIpc) is 2.92. The fraction of sp³-hybridized carbons (Fsp3) is 0.480. The van der Waals surface area contributed by atoms with Crippen LogP contribution in [0.1, 0.15) is 0 Å². The van der Waals surface area contributed by atoms with Crippen LogP contribution in [-0.4, -0.2) is 116 Å². The Kier molecular flexibility index (Phi) is 7.75. The summed E-state index contributed by atoms with van der Waals surface area (Å²) in [5.41, 5.74) is -1.02. The molecule has 0 bridgehead atoms. The second-order valence-corrected chi connectivity index (χ2v) is 9.46. The van der Waals surface area contributed by atoms with E-state index in [2.05, 4.69) is 0 Å². The first-order chi connectivity index (χ1) is 19.0. The molecule has 2 aliphatic rings. The van der Waals surface area contributed by atoms with Crippen LogP contribution in [0.5, 0.6) is 23.0 Å². The summed E-state index contributed by atoms with van der Waals surface area (Å²) in [6.45, 7) is -0.871. The number of aromatic hydroxyl groups is 2. The van der Waals surface area contributed by atoms with E-state index in [0.29, 0.717) is 0 Å². The molecule has 15 heteroatoms. The average molecular weight is 568 g/mol. The third-order valence-electron chi connectivity index (χ3n) is 6.83. The fourth-order valence-corrected chi connectivity index (χ4v) is 4.64. The van der Waals surface area contributed by atoms with Gasteiger partial charge in [-0.3, -0.25) is 4.79 Å². The number of fused-ring (bicyclic) bond motifs is 2. The summed E-state index contributed by atoms with van der Waals surface area (Å²) in [6.07, 6.45) is -14.4. The minimum absolute atomic E-state index is 0.0917. The molecule has 5 rings (SSSR count). The second kappa shape index (κ2) is 11.0. The Morgan fingerprint density at radius 1 is 0.875 bits per heavy atom. The van der Waals surface area contributed by atoms with Crippen LogP contribution in [0.15, 0.2) is 33.5 Å². The van der Waals surface area contributed by atoms with Crippen molar-refractivity contribution < 1.29 is 69.0 Å². The lowest BCUT2D eigenvalue weighted by Crippen LogP contribution is -2.61. The maximum Gasteiger partial charge on any atom is 0.229 e. The van der Waals surface area contributed by atoms with E-state index in [9.17, 15) is 45.6 Å². The molecule has 15 nitrogen and oxygen atoms in total. The van der Waals surface area contributed by atoms with E-state index in [-0.39, 0.29) is 40.0 Å². The molecule has 2 fully saturated rings. The number of aliphatic hydroxyl groups excluding tert-OH is 6. The third-order valence-corrected chi connectivity index (χ3v) is 6.83. The van der Waals surface area contributed by atoms with Gasteiger partial charge in [-0.1, -0.05) is 0 Å². The number of aliphatic hydroxyl groups is 6. The summed E-state index contributed by atoms with van der Waals surface area (Å²) in [4.78, 5) is 13.4. The number of rotatable bonds is 6. The van der Waals surface area contributed by atoms with Crippen LogP contribution in [0.2, 0.25) is 0 Å². The summed E-state index contributed by atoms with van der Waals surface area (Å²) in [6, 6.07) is 4.77. The SMILES string of the molecule is COc1ccc(O)c2c(=O)c3c(OC4OC(COC5OCC(O)C(O)C5O)C(O)C(O)C4O)cc(O)cc3oc12. The van der Waals surface area contributed by atoms with Crippen LogP contribution in [0.3, 0.4) is 0 Å². The van der Waals surface area contributed by atoms with Gasteiger partial charge in [0.05, 0.1) is 20.3 Å². The van der Waals surface area contributed by atoms with E-state index in [1.807, 2.05) is 0 Å². The van der Waals surface area contributed by atoms with E-state index < -0.39 is 78.8 Å². The maximum absolute atomic E-state index is 13.4. The summed E-state index contributed by atoms with van der Waals surface area (Å²) in [5, 5.41) is 81.0. The maximum atomic E-state index is 13.4. The Labute approximate surface area is 224 Å². The van der Waals surface area contributed by atoms with Crippen molar-refractivity contribution in [2.75, 3.05) is 20.3 Å². The van der Waals surface area contributed by atoms with Crippen LogP contribution in [0, 0.1) is 0 Å². The molecule has 1 aromatic heterocycles. The van der Waals surface area contributed by atoms with Gasteiger partial charge in [0, 0.05) is 12.1 Å². The van der Waals surface area contributed by atoms with Gasteiger partial charge >= 0.3 is 0 Å². The number of phenols is 2. The molecule has 2 aliphatic heterocycles. The molecule has 9 atom stereocenters. The highest BCUT2D eigenvalue weighted by molar-refractivity contribution is 5.98. The lowest BCUT2D eigenvalue weighted by Gasteiger charge is -2.41. The first-order valence-electron chi connectivity index (χ1n) is 12.1. The van der Waals surface area contributed by atoms with Crippen molar-refractivity contribution in [3.05, 3.63) is 34.5 Å². The van der Waals surface area contributed by atoms with Crippen molar-refractivity contribution in [1.82, 2.24) is 0 Å². The Morgan fingerprint density at radius 2 is 1.60 bits per heavy atom. The van der Waals surface area contributed by atoms with Gasteiger partial charge in [-0.15, -0.1) is 0 Å². The van der Waals surface area contributed by atoms with Crippen LogP contribution in [0.4, 0.5) is 0 Å². The van der Waals surface area contributed by atoms with Crippen molar-refractivity contribution >= 4 is 21.9 Å². The van der Waals surface area contributed by atoms with Gasteiger partial charge in [-0.05, 0) is 12.1 Å². The van der Waals surface area contributed by atoms with Crippen molar-refractivity contribution in [3.8, 4) is 23.0 Å². The quantitative estimate of drug-likeness (QED) is 0.150. The van der Waals surface area contributed by atoms with E-state index in [4.69, 9.17) is 28.1 Å². The number of benzene rings is 2. The molecule has 40 heavy (non-hydrogen) atoms. The Hall–Kier alpha value is -3.25. The lowest BCUT2D eigenvalue weighted by molar-refractivity contribution is -0.307. The molecule has 0 amide bonds. The third kappa shape index (κ3) is 4.91. The van der Waals surface area contributed by atoms with Crippen LogP contribution < -0.4 is 14.9 Å². The summed E-state index contributed by atoms with van der Waals surface area (Å²) < 4.78 is 32.7. The molecule has 0 saturated carbocycles. The smallest absolute Gasteiger partial charge is 0.229 e. The van der Waals surface area contributed by atoms with E-state index in [0.717, 1.165) is 12.1 Å². The highest BCUT2D eigenvalue weighted by atomic mass is 16.7. The molecule has 9 unspecified atom stereocenters. The predicted octanol–water partition coefficient (Wildman–Crippen LogP) is -1.99. The number of hydrogen-bond donors (Lipinski definition) is 8. The van der Waals surface area contributed by atoms with Crippen molar-refractivity contribution in [1.29, 1.82) is 0 Å². The molecule has 3 aromatic rings. The molecular formula is C25H28O15. The summed E-state index contributed by atoms with van der Waals surface area (Å²) >= 11 is 0. The minimum Gasteiger partial charge on any atom is -0.508 e. The first-order valence-corrected chi connectivity index (χ1v) is 12.1. The number of methoxy groups -OCH3 is 1. The van der Waals surface area contributed by atoms with Gasteiger partial charge in [-0.2, -0.15) is 0 Å². The fourth-order valence-electron chi connectivity index (χ4n) is 4.64. The number of hydrogen-bond acceptors (Lipinski definition) is 15. The van der Waals surface area contributed by atoms with Crippen molar-refractivity contribution in [2.24, 2.45) is 0 Å². The summed E-state index contributed by atoms with van der Waals surface area (Å²) in [7, 11) is 1.33. The van der Waals surface area contributed by atoms with Gasteiger partial charge in [0.2, 0.25) is 11.7 Å². The minimum atomic E-state index is -1.85. The van der Waals surface area contributed by atoms with Crippen molar-refractivity contribution in [3.63, 3.8) is 0 Å². The van der Waals surface area contributed by atoms with Gasteiger partial charge in [-0.25, -0.2) is 0 Å². The first kappa shape index (κ1) is 28.3. The number of phenolic OH excluding ortho intramolecular Hbond substituents is 2. The standard InChI is InChI=1S/C25H28O15/c1-35-11-3-2-9(27)15-19(31)16-12(38-23(11)15)4-8(26)5-13(16)39-25-22(34)20(32)18(30)14(40-25)7-37-24-21(33)17(29)10(28)6-36-24/h2-5,10,14,17-18,20-22,24-30,32-34H,6-7H2,1H3. The molecule has 2 saturated heterocycles. The highest BCUT2D eigenvalue weighted by Crippen LogP contribution is 2.37. The molecule has 218 valence electrons. The molecule has 0 radical (unpaired) electrons. The van der Waals surface area contributed by atoms with Gasteiger partial charge in [0.1, 0.15) is 76.3 Å². The van der Waals surface area contributed by atoms with Gasteiger partial charge in [0.25, 0.3) is 0 Å². The monoisotopic (exact) mass is 568 g/mol. The van der Waals surface area contributed by atoms with Crippen LogP contribution >= 0.6 is 0 Å². The zero-order valence-electron chi connectivity index (χ0n) is 20.9. The Balaban J connectivity index is 1.45. The molecule has 2 aromatic carbocycles. The Bertz CT molecular complexity index is 1440.